The van der Waals surface area contributed by atoms with Gasteiger partial charge < -0.3 is 15.3 Å². The third kappa shape index (κ3) is 4.26. The summed E-state index contributed by atoms with van der Waals surface area (Å²) in [7, 11) is 0. The molecule has 3 aromatic rings. The monoisotopic (exact) mass is 481 g/mol. The van der Waals surface area contributed by atoms with E-state index in [1.54, 1.807) is 0 Å². The van der Waals surface area contributed by atoms with Crippen LogP contribution < -0.4 is 5.32 Å². The van der Waals surface area contributed by atoms with E-state index in [-0.39, 0.29) is 24.0 Å². The summed E-state index contributed by atoms with van der Waals surface area (Å²) >= 11 is 0. The van der Waals surface area contributed by atoms with Crippen LogP contribution in [0.25, 0.3) is 0 Å². The van der Waals surface area contributed by atoms with Gasteiger partial charge in [-0.1, -0.05) is 91.0 Å². The SMILES string of the molecule is O=C1N(Cc2ccccc2)[C@H](Cc2ccccc2)[C@H](O)CN2[C@@H]3CC[C@]12CC3NCc1ccccc1. The lowest BCUT2D eigenvalue weighted by atomic mass is 9.83. The van der Waals surface area contributed by atoms with Crippen molar-refractivity contribution in [1.82, 2.24) is 15.1 Å². The van der Waals surface area contributed by atoms with Crippen LogP contribution in [0.15, 0.2) is 91.0 Å². The number of carbonyl (C=O) groups excluding carboxylic acids is 1. The average Bonchev–Trinajstić information content (AvgIpc) is 3.40. The zero-order valence-electron chi connectivity index (χ0n) is 20.7. The summed E-state index contributed by atoms with van der Waals surface area (Å²) in [5, 5.41) is 15.4. The minimum atomic E-state index is -0.604. The van der Waals surface area contributed by atoms with Crippen molar-refractivity contribution in [3.8, 4) is 0 Å². The maximum atomic E-state index is 14.5. The molecule has 0 saturated carbocycles. The number of benzene rings is 3. The number of nitrogens with one attached hydrogen (secondary N) is 1. The molecule has 1 amide bonds. The molecule has 36 heavy (non-hydrogen) atoms. The Morgan fingerprint density at radius 3 is 2.14 bits per heavy atom. The zero-order chi connectivity index (χ0) is 24.5. The largest absolute Gasteiger partial charge is 0.390 e. The molecule has 3 fully saturated rings. The molecule has 3 heterocycles. The van der Waals surface area contributed by atoms with E-state index in [0.717, 1.165) is 36.9 Å². The highest BCUT2D eigenvalue weighted by Crippen LogP contribution is 2.49. The van der Waals surface area contributed by atoms with Gasteiger partial charge in [0, 0.05) is 31.7 Å². The smallest absolute Gasteiger partial charge is 0.243 e. The van der Waals surface area contributed by atoms with Crippen molar-refractivity contribution < 1.29 is 9.90 Å². The molecule has 1 unspecified atom stereocenters. The van der Waals surface area contributed by atoms with E-state index in [1.807, 2.05) is 47.4 Å². The van der Waals surface area contributed by atoms with E-state index < -0.39 is 11.6 Å². The summed E-state index contributed by atoms with van der Waals surface area (Å²) in [6, 6.07) is 31.2. The van der Waals surface area contributed by atoms with Crippen molar-refractivity contribution in [2.24, 2.45) is 0 Å². The highest BCUT2D eigenvalue weighted by molar-refractivity contribution is 5.88. The Hall–Kier alpha value is -2.99. The van der Waals surface area contributed by atoms with Gasteiger partial charge in [-0.2, -0.15) is 0 Å². The van der Waals surface area contributed by atoms with Crippen LogP contribution in [-0.2, 0) is 24.3 Å². The lowest BCUT2D eigenvalue weighted by molar-refractivity contribution is -0.143. The van der Waals surface area contributed by atoms with Gasteiger partial charge in [0.1, 0.15) is 5.54 Å². The predicted molar refractivity (Wildman–Crippen MR) is 141 cm³/mol. The van der Waals surface area contributed by atoms with Crippen LogP contribution in [0.5, 0.6) is 0 Å². The molecule has 2 bridgehead atoms. The fraction of sp³-hybridized carbons (Fsp3) is 0.387. The van der Waals surface area contributed by atoms with E-state index in [0.29, 0.717) is 19.5 Å². The second-order valence-corrected chi connectivity index (χ2v) is 10.7. The summed E-state index contributed by atoms with van der Waals surface area (Å²) < 4.78 is 0. The maximum Gasteiger partial charge on any atom is 0.243 e. The highest BCUT2D eigenvalue weighted by atomic mass is 16.3. The minimum Gasteiger partial charge on any atom is -0.390 e. The number of rotatable bonds is 7. The van der Waals surface area contributed by atoms with Gasteiger partial charge >= 0.3 is 0 Å². The summed E-state index contributed by atoms with van der Waals surface area (Å²) in [6.45, 7) is 1.87. The summed E-state index contributed by atoms with van der Waals surface area (Å²) in [6.07, 6.45) is 2.72. The predicted octanol–water partition coefficient (Wildman–Crippen LogP) is 3.77. The summed E-state index contributed by atoms with van der Waals surface area (Å²) in [4.78, 5) is 18.9. The molecular formula is C31H35N3O2. The van der Waals surface area contributed by atoms with Crippen molar-refractivity contribution in [2.75, 3.05) is 6.54 Å². The number of nitrogens with zero attached hydrogens (tertiary/aromatic N) is 2. The number of aliphatic hydroxyl groups is 1. The summed E-state index contributed by atoms with van der Waals surface area (Å²) in [5.41, 5.74) is 2.99. The molecule has 0 aromatic heterocycles. The quantitative estimate of drug-likeness (QED) is 0.540. The van der Waals surface area contributed by atoms with Crippen LogP contribution in [0.4, 0.5) is 0 Å². The first kappa shape index (κ1) is 23.4. The normalized spacial score (nSPS) is 29.8. The van der Waals surface area contributed by atoms with E-state index in [1.165, 1.54) is 5.56 Å². The zero-order valence-corrected chi connectivity index (χ0v) is 20.7. The standard InChI is InChI=1S/C31H35N3O2/c35-29-22-34-27-16-17-31(34,19-26(27)32-20-24-12-6-2-7-13-24)30(36)33(21-25-14-8-3-9-15-25)28(29)18-23-10-4-1-5-11-23/h1-15,26-29,32,35H,16-22H2/t26?,27-,28-,29-,31+/m1/s1. The van der Waals surface area contributed by atoms with Crippen LogP contribution >= 0.6 is 0 Å². The van der Waals surface area contributed by atoms with E-state index in [4.69, 9.17) is 0 Å². The fourth-order valence-corrected chi connectivity index (χ4v) is 6.84. The Morgan fingerprint density at radius 1 is 0.861 bits per heavy atom. The van der Waals surface area contributed by atoms with Gasteiger partial charge in [0.05, 0.1) is 12.1 Å². The molecule has 5 atom stereocenters. The molecule has 3 aliphatic rings. The van der Waals surface area contributed by atoms with Crippen LogP contribution in [0, 0.1) is 0 Å². The molecular weight excluding hydrogens is 446 g/mol. The first-order valence-corrected chi connectivity index (χ1v) is 13.3. The Bertz CT molecular complexity index is 1170. The van der Waals surface area contributed by atoms with Crippen molar-refractivity contribution in [3.05, 3.63) is 108 Å². The minimum absolute atomic E-state index is 0.190. The van der Waals surface area contributed by atoms with Crippen LogP contribution in [0.3, 0.4) is 0 Å². The number of aliphatic hydroxyl groups excluding tert-OH is 1. The lowest BCUT2D eigenvalue weighted by Crippen LogP contribution is -2.54. The van der Waals surface area contributed by atoms with Gasteiger partial charge in [0.15, 0.2) is 0 Å². The molecule has 0 spiro atoms. The molecule has 5 heteroatoms. The number of hydrogen-bond donors (Lipinski definition) is 2. The van der Waals surface area contributed by atoms with E-state index >= 15 is 0 Å². The number of amides is 1. The Balaban J connectivity index is 1.29. The summed E-state index contributed by atoms with van der Waals surface area (Å²) in [5.74, 6) is 0.190. The van der Waals surface area contributed by atoms with Crippen molar-refractivity contribution in [2.45, 2.75) is 68.5 Å². The van der Waals surface area contributed by atoms with Crippen LogP contribution in [-0.4, -0.2) is 57.1 Å². The highest BCUT2D eigenvalue weighted by Gasteiger charge is 2.63. The van der Waals surface area contributed by atoms with Crippen molar-refractivity contribution in [3.63, 3.8) is 0 Å². The van der Waals surface area contributed by atoms with Crippen LogP contribution in [0.2, 0.25) is 0 Å². The second-order valence-electron chi connectivity index (χ2n) is 10.7. The first-order valence-electron chi connectivity index (χ1n) is 13.3. The van der Waals surface area contributed by atoms with E-state index in [2.05, 4.69) is 58.7 Å². The van der Waals surface area contributed by atoms with E-state index in [9.17, 15) is 9.90 Å². The number of hydrogen-bond acceptors (Lipinski definition) is 4. The Labute approximate surface area is 213 Å². The molecule has 0 aliphatic carbocycles. The molecule has 186 valence electrons. The van der Waals surface area contributed by atoms with Gasteiger partial charge in [0.2, 0.25) is 5.91 Å². The third-order valence-electron chi connectivity index (χ3n) is 8.61. The molecule has 3 saturated heterocycles. The van der Waals surface area contributed by atoms with Crippen molar-refractivity contribution >= 4 is 5.91 Å². The molecule has 6 rings (SSSR count). The molecule has 3 aromatic carbocycles. The molecule has 2 N–H and O–H groups in total. The van der Waals surface area contributed by atoms with Crippen LogP contribution in [0.1, 0.15) is 36.0 Å². The fourth-order valence-electron chi connectivity index (χ4n) is 6.84. The van der Waals surface area contributed by atoms with Gasteiger partial charge in [-0.05, 0) is 42.4 Å². The Kier molecular flexibility index (Phi) is 6.38. The average molecular weight is 482 g/mol. The third-order valence-corrected chi connectivity index (χ3v) is 8.61. The Morgan fingerprint density at radius 2 is 1.47 bits per heavy atom. The van der Waals surface area contributed by atoms with Gasteiger partial charge in [-0.3, -0.25) is 9.69 Å². The number of carbonyl (C=O) groups is 1. The van der Waals surface area contributed by atoms with Gasteiger partial charge in [-0.25, -0.2) is 0 Å². The van der Waals surface area contributed by atoms with Crippen molar-refractivity contribution in [1.29, 1.82) is 0 Å². The molecule has 5 nitrogen and oxygen atoms in total. The second kappa shape index (κ2) is 9.81. The molecule has 0 radical (unpaired) electrons. The maximum absolute atomic E-state index is 14.5. The first-order chi connectivity index (χ1) is 17.6. The topological polar surface area (TPSA) is 55.8 Å². The molecule has 3 aliphatic heterocycles. The van der Waals surface area contributed by atoms with Gasteiger partial charge in [0.25, 0.3) is 0 Å². The van der Waals surface area contributed by atoms with Gasteiger partial charge in [-0.15, -0.1) is 0 Å². The number of β-amino-alcohol motifs (C(OH)–C–C–N with tert-alkyl or cyclic N) is 1. The lowest BCUT2D eigenvalue weighted by Gasteiger charge is -2.38.